The number of aliphatic hydroxyl groups excluding tert-OH is 1. The van der Waals surface area contributed by atoms with E-state index in [9.17, 15) is 8.42 Å². The van der Waals surface area contributed by atoms with Crippen LogP contribution in [0.3, 0.4) is 0 Å². The number of benzene rings is 1. The molecular weight excluding hydrogens is 288 g/mol. The zero-order chi connectivity index (χ0) is 14.5. The Morgan fingerprint density at radius 3 is 2.63 bits per heavy atom. The fraction of sp³-hybridized carbons (Fsp3) is 0.500. The van der Waals surface area contributed by atoms with Crippen LogP contribution in [0.2, 0.25) is 5.02 Å². The van der Waals surface area contributed by atoms with Gasteiger partial charge in [-0.25, -0.2) is 13.1 Å². The van der Waals surface area contributed by atoms with E-state index in [1.54, 1.807) is 6.92 Å². The molecule has 5 nitrogen and oxygen atoms in total. The van der Waals surface area contributed by atoms with E-state index in [1.807, 2.05) is 0 Å². The molecule has 0 radical (unpaired) electrons. The lowest BCUT2D eigenvalue weighted by Crippen LogP contribution is -2.25. The van der Waals surface area contributed by atoms with Gasteiger partial charge in [0.2, 0.25) is 10.0 Å². The van der Waals surface area contributed by atoms with E-state index >= 15 is 0 Å². The smallest absolute Gasteiger partial charge is 0.242 e. The first-order chi connectivity index (χ1) is 8.88. The average Bonchev–Trinajstić information content (AvgIpc) is 2.33. The molecule has 1 rings (SSSR count). The van der Waals surface area contributed by atoms with Crippen LogP contribution in [0.1, 0.15) is 24.8 Å². The molecule has 19 heavy (non-hydrogen) atoms. The summed E-state index contributed by atoms with van der Waals surface area (Å²) in [5.41, 5.74) is 6.84. The molecule has 0 unspecified atom stereocenters. The standard InChI is InChI=1S/C12H19ClN2O3S/c1-9-7-10(13)12(8-11(9)14)19(17,18)15-5-3-2-4-6-16/h7-8,15-16H,2-6,14H2,1H3. The van der Waals surface area contributed by atoms with E-state index in [0.29, 0.717) is 25.1 Å². The Balaban J connectivity index is 2.75. The number of aryl methyl sites for hydroxylation is 1. The molecular formula is C12H19ClN2O3S. The van der Waals surface area contributed by atoms with Crippen molar-refractivity contribution in [2.24, 2.45) is 0 Å². The summed E-state index contributed by atoms with van der Waals surface area (Å²) in [5.74, 6) is 0. The summed E-state index contributed by atoms with van der Waals surface area (Å²) in [4.78, 5) is -0.000533. The van der Waals surface area contributed by atoms with Crippen LogP contribution in [0.4, 0.5) is 5.69 Å². The minimum Gasteiger partial charge on any atom is -0.398 e. The quantitative estimate of drug-likeness (QED) is 0.528. The number of hydrogen-bond acceptors (Lipinski definition) is 4. The van der Waals surface area contributed by atoms with Gasteiger partial charge in [-0.15, -0.1) is 0 Å². The van der Waals surface area contributed by atoms with Crippen molar-refractivity contribution in [3.63, 3.8) is 0 Å². The van der Waals surface area contributed by atoms with E-state index < -0.39 is 10.0 Å². The lowest BCUT2D eigenvalue weighted by molar-refractivity contribution is 0.283. The summed E-state index contributed by atoms with van der Waals surface area (Å²) in [6, 6.07) is 2.91. The highest BCUT2D eigenvalue weighted by Gasteiger charge is 2.18. The van der Waals surface area contributed by atoms with Gasteiger partial charge in [0.05, 0.1) is 5.02 Å². The first-order valence-corrected chi connectivity index (χ1v) is 7.90. The third-order valence-corrected chi connectivity index (χ3v) is 4.66. The predicted octanol–water partition coefficient (Wildman–Crippen LogP) is 1.67. The second-order valence-corrected chi connectivity index (χ2v) is 6.46. The second-order valence-electron chi connectivity index (χ2n) is 4.32. The first kappa shape index (κ1) is 16.2. The molecule has 0 fully saturated rings. The molecule has 0 heterocycles. The molecule has 0 aliphatic heterocycles. The fourth-order valence-corrected chi connectivity index (χ4v) is 3.26. The third-order valence-electron chi connectivity index (χ3n) is 2.74. The van der Waals surface area contributed by atoms with Crippen LogP contribution >= 0.6 is 11.6 Å². The van der Waals surface area contributed by atoms with Crippen molar-refractivity contribution in [3.8, 4) is 0 Å². The number of nitrogen functional groups attached to an aromatic ring is 1. The molecule has 0 amide bonds. The van der Waals surface area contributed by atoms with Crippen LogP contribution in [-0.4, -0.2) is 26.7 Å². The molecule has 0 aliphatic carbocycles. The zero-order valence-corrected chi connectivity index (χ0v) is 12.4. The molecule has 0 saturated carbocycles. The molecule has 0 bridgehead atoms. The maximum absolute atomic E-state index is 12.0. The monoisotopic (exact) mass is 306 g/mol. The van der Waals surface area contributed by atoms with Gasteiger partial charge in [-0.05, 0) is 43.9 Å². The van der Waals surface area contributed by atoms with Crippen LogP contribution in [0.5, 0.6) is 0 Å². The summed E-state index contributed by atoms with van der Waals surface area (Å²) in [5, 5.41) is 8.79. The normalized spacial score (nSPS) is 11.7. The lowest BCUT2D eigenvalue weighted by Gasteiger charge is -2.10. The number of rotatable bonds is 7. The van der Waals surface area contributed by atoms with Crippen LogP contribution in [0.15, 0.2) is 17.0 Å². The molecule has 0 saturated heterocycles. The number of halogens is 1. The van der Waals surface area contributed by atoms with Crippen molar-refractivity contribution < 1.29 is 13.5 Å². The Labute approximate surface area is 118 Å². The lowest BCUT2D eigenvalue weighted by atomic mass is 10.2. The van der Waals surface area contributed by atoms with Crippen molar-refractivity contribution in [2.75, 3.05) is 18.9 Å². The highest BCUT2D eigenvalue weighted by Crippen LogP contribution is 2.26. The highest BCUT2D eigenvalue weighted by atomic mass is 35.5. The molecule has 1 aromatic rings. The number of sulfonamides is 1. The van der Waals surface area contributed by atoms with Gasteiger partial charge in [0.25, 0.3) is 0 Å². The highest BCUT2D eigenvalue weighted by molar-refractivity contribution is 7.89. The Bertz CT molecular complexity index is 532. The minimum absolute atomic E-state index is 0.000533. The average molecular weight is 307 g/mol. The second kappa shape index (κ2) is 7.09. The fourth-order valence-electron chi connectivity index (χ4n) is 1.57. The maximum atomic E-state index is 12.0. The Hall–Kier alpha value is -0.820. The molecule has 0 spiro atoms. The largest absolute Gasteiger partial charge is 0.398 e. The third kappa shape index (κ3) is 4.65. The Morgan fingerprint density at radius 1 is 1.32 bits per heavy atom. The SMILES string of the molecule is Cc1cc(Cl)c(S(=O)(=O)NCCCCCO)cc1N. The van der Waals surface area contributed by atoms with Gasteiger partial charge < -0.3 is 10.8 Å². The van der Waals surface area contributed by atoms with Crippen LogP contribution in [0, 0.1) is 6.92 Å². The van der Waals surface area contributed by atoms with Crippen molar-refractivity contribution in [1.82, 2.24) is 4.72 Å². The summed E-state index contributed by atoms with van der Waals surface area (Å²) >= 11 is 5.94. The summed E-state index contributed by atoms with van der Waals surface area (Å²) in [7, 11) is -3.64. The van der Waals surface area contributed by atoms with Crippen molar-refractivity contribution in [3.05, 3.63) is 22.7 Å². The van der Waals surface area contributed by atoms with E-state index in [-0.39, 0.29) is 16.5 Å². The van der Waals surface area contributed by atoms with Gasteiger partial charge in [-0.1, -0.05) is 11.6 Å². The molecule has 0 aromatic heterocycles. The van der Waals surface area contributed by atoms with Crippen molar-refractivity contribution in [1.29, 1.82) is 0 Å². The van der Waals surface area contributed by atoms with E-state index in [1.165, 1.54) is 12.1 Å². The van der Waals surface area contributed by atoms with E-state index in [4.69, 9.17) is 22.4 Å². The number of nitrogens with two attached hydrogens (primary N) is 1. The van der Waals surface area contributed by atoms with Gasteiger partial charge in [0.1, 0.15) is 4.90 Å². The Morgan fingerprint density at radius 2 is 2.00 bits per heavy atom. The predicted molar refractivity (Wildman–Crippen MR) is 76.7 cm³/mol. The molecule has 1 aromatic carbocycles. The summed E-state index contributed by atoms with van der Waals surface area (Å²) in [6.07, 6.45) is 2.10. The van der Waals surface area contributed by atoms with Gasteiger partial charge in [-0.2, -0.15) is 0 Å². The van der Waals surface area contributed by atoms with Crippen LogP contribution < -0.4 is 10.5 Å². The number of anilines is 1. The van der Waals surface area contributed by atoms with Crippen molar-refractivity contribution in [2.45, 2.75) is 31.1 Å². The van der Waals surface area contributed by atoms with Gasteiger partial charge in [-0.3, -0.25) is 0 Å². The molecule has 108 valence electrons. The minimum atomic E-state index is -3.64. The molecule has 0 aliphatic rings. The summed E-state index contributed by atoms with van der Waals surface area (Å²) < 4.78 is 26.6. The number of hydrogen-bond donors (Lipinski definition) is 3. The number of nitrogens with one attached hydrogen (secondary N) is 1. The number of unbranched alkanes of at least 4 members (excludes halogenated alkanes) is 2. The first-order valence-electron chi connectivity index (χ1n) is 6.04. The molecule has 7 heteroatoms. The van der Waals surface area contributed by atoms with Crippen molar-refractivity contribution >= 4 is 27.3 Å². The summed E-state index contributed by atoms with van der Waals surface area (Å²) in [6.45, 7) is 2.19. The number of aliphatic hydroxyl groups is 1. The van der Waals surface area contributed by atoms with E-state index in [2.05, 4.69) is 4.72 Å². The van der Waals surface area contributed by atoms with E-state index in [0.717, 1.165) is 12.0 Å². The molecule has 0 atom stereocenters. The maximum Gasteiger partial charge on any atom is 0.242 e. The van der Waals surface area contributed by atoms with Gasteiger partial charge in [0.15, 0.2) is 0 Å². The Kier molecular flexibility index (Phi) is 6.06. The van der Waals surface area contributed by atoms with Crippen LogP contribution in [-0.2, 0) is 10.0 Å². The van der Waals surface area contributed by atoms with Gasteiger partial charge in [0, 0.05) is 18.8 Å². The van der Waals surface area contributed by atoms with Crippen LogP contribution in [0.25, 0.3) is 0 Å². The van der Waals surface area contributed by atoms with Gasteiger partial charge >= 0.3 is 0 Å². The topological polar surface area (TPSA) is 92.4 Å². The zero-order valence-electron chi connectivity index (χ0n) is 10.8. The molecule has 4 N–H and O–H groups in total.